The molecule has 0 saturated carbocycles. The van der Waals surface area contributed by atoms with E-state index in [1.54, 1.807) is 6.20 Å². The van der Waals surface area contributed by atoms with Gasteiger partial charge in [-0.05, 0) is 0 Å². The zero-order valence-corrected chi connectivity index (χ0v) is 18.1. The Morgan fingerprint density at radius 1 is 0.963 bits per heavy atom. The Morgan fingerprint density at radius 3 is 2.04 bits per heavy atom. The monoisotopic (exact) mass is 448 g/mol. The molecule has 7 heteroatoms. The number of rotatable bonds is 9. The number of imidazole rings is 1. The van der Waals surface area contributed by atoms with Crippen molar-refractivity contribution in [2.45, 2.75) is 32.2 Å². The van der Waals surface area contributed by atoms with Gasteiger partial charge in [-0.1, -0.05) is 0 Å². The summed E-state index contributed by atoms with van der Waals surface area (Å²) in [6.07, 6.45) is 10.8. The summed E-state index contributed by atoms with van der Waals surface area (Å²) in [4.78, 5) is 13.3. The molecule has 27 heavy (non-hydrogen) atoms. The van der Waals surface area contributed by atoms with E-state index < -0.39 is 11.4 Å². The van der Waals surface area contributed by atoms with Crippen molar-refractivity contribution in [2.24, 2.45) is 0 Å². The Labute approximate surface area is 168 Å². The maximum absolute atomic E-state index is 11.3. The van der Waals surface area contributed by atoms with Crippen LogP contribution in [0.1, 0.15) is 30.0 Å². The van der Waals surface area contributed by atoms with E-state index in [2.05, 4.69) is 37.0 Å². The molecule has 0 saturated heterocycles. The first-order valence-corrected chi connectivity index (χ1v) is 13.6. The molecule has 3 aromatic rings. The molecular formula is C20H25N4OPSe. The second-order valence-corrected chi connectivity index (χ2v) is 14.4. The topological polar surface area (TPSA) is 63.8 Å². The van der Waals surface area contributed by atoms with Crippen LogP contribution in [0.3, 0.4) is 0 Å². The first-order chi connectivity index (χ1) is 13.1. The summed E-state index contributed by atoms with van der Waals surface area (Å²) in [5.41, 5.74) is 0.260. The van der Waals surface area contributed by atoms with Crippen LogP contribution in [0.25, 0.3) is 0 Å². The molecule has 0 bridgehead atoms. The Morgan fingerprint density at radius 2 is 1.56 bits per heavy atom. The van der Waals surface area contributed by atoms with Crippen molar-refractivity contribution in [2.75, 3.05) is 12.3 Å². The number of aliphatic hydroxyl groups excluding tert-OH is 1. The molecule has 0 fully saturated rings. The van der Waals surface area contributed by atoms with Gasteiger partial charge in [-0.15, -0.1) is 0 Å². The number of pyridine rings is 2. The van der Waals surface area contributed by atoms with Gasteiger partial charge in [-0.25, -0.2) is 0 Å². The van der Waals surface area contributed by atoms with Crippen molar-refractivity contribution < 1.29 is 5.11 Å². The molecule has 1 atom stereocenters. The third-order valence-electron chi connectivity index (χ3n) is 4.71. The van der Waals surface area contributed by atoms with E-state index >= 15 is 0 Å². The quantitative estimate of drug-likeness (QED) is 0.404. The summed E-state index contributed by atoms with van der Waals surface area (Å²) in [6, 6.07) is 12.0. The van der Waals surface area contributed by atoms with E-state index in [-0.39, 0.29) is 0 Å². The van der Waals surface area contributed by atoms with Gasteiger partial charge in [-0.3, -0.25) is 0 Å². The first-order valence-electron chi connectivity index (χ1n) is 9.19. The van der Waals surface area contributed by atoms with E-state index in [0.717, 1.165) is 48.9 Å². The fourth-order valence-electron chi connectivity index (χ4n) is 3.09. The third kappa shape index (κ3) is 5.24. The summed E-state index contributed by atoms with van der Waals surface area (Å²) in [6.45, 7) is 2.87. The zero-order chi connectivity index (χ0) is 19.1. The van der Waals surface area contributed by atoms with Crippen LogP contribution in [0.5, 0.6) is 0 Å². The Bertz CT molecular complexity index is 838. The number of aromatic nitrogens is 4. The summed E-state index contributed by atoms with van der Waals surface area (Å²) >= 11 is 3.42. The average molecular weight is 447 g/mol. The van der Waals surface area contributed by atoms with Gasteiger partial charge < -0.3 is 0 Å². The van der Waals surface area contributed by atoms with Crippen molar-refractivity contribution in [1.29, 1.82) is 0 Å². The fraction of sp³-hybridized carbons (Fsp3) is 0.350. The van der Waals surface area contributed by atoms with Gasteiger partial charge in [-0.2, -0.15) is 0 Å². The first kappa shape index (κ1) is 20.2. The summed E-state index contributed by atoms with van der Waals surface area (Å²) in [5.74, 6) is 0.173. The van der Waals surface area contributed by atoms with Crippen LogP contribution in [0.2, 0.25) is 0 Å². The number of aliphatic hydroxyl groups is 1. The zero-order valence-electron chi connectivity index (χ0n) is 15.5. The number of hydrogen-bond acceptors (Lipinski definition) is 4. The van der Waals surface area contributed by atoms with E-state index in [9.17, 15) is 5.11 Å². The Kier molecular flexibility index (Phi) is 7.14. The molecular weight excluding hydrogens is 422 g/mol. The van der Waals surface area contributed by atoms with Crippen molar-refractivity contribution >= 4 is 20.6 Å². The molecule has 3 aromatic heterocycles. The van der Waals surface area contributed by atoms with Gasteiger partial charge >= 0.3 is 168 Å². The summed E-state index contributed by atoms with van der Waals surface area (Å²) < 4.78 is 2.03. The molecule has 5 nitrogen and oxygen atoms in total. The SMILES string of the molecule is CCn1ccnc1C(O)P(=[Se])(CCc1ccccn1)CCc1ccccn1. The number of nitrogens with zero attached hydrogens (tertiary/aromatic N) is 4. The second-order valence-electron chi connectivity index (χ2n) is 6.49. The van der Waals surface area contributed by atoms with Crippen LogP contribution in [-0.4, -0.2) is 52.0 Å². The summed E-state index contributed by atoms with van der Waals surface area (Å²) in [5, 5.41) is 11.3. The van der Waals surface area contributed by atoms with E-state index in [1.165, 1.54) is 0 Å². The molecule has 1 N–H and O–H groups in total. The van der Waals surface area contributed by atoms with Crippen molar-refractivity contribution in [3.05, 3.63) is 78.4 Å². The molecule has 0 spiro atoms. The Hall–Kier alpha value is -1.58. The molecule has 0 aliphatic rings. The van der Waals surface area contributed by atoms with Crippen molar-refractivity contribution in [1.82, 2.24) is 19.5 Å². The molecule has 3 rings (SSSR count). The molecule has 1 unspecified atom stereocenters. The molecule has 0 aliphatic heterocycles. The number of aryl methyl sites for hydroxylation is 3. The standard InChI is InChI=1S/C20H25N4OPSe/c1-2-24-14-13-23-19(24)20(25)26(27,15-9-17-7-3-5-11-21-17)16-10-18-8-4-6-12-22-18/h3-8,11-14,20,25H,2,9-10,15-16H2,1H3. The number of hydrogen-bond donors (Lipinski definition) is 1. The minimum absolute atomic E-state index is 0.583. The molecule has 3 heterocycles. The van der Waals surface area contributed by atoms with Gasteiger partial charge in [0.1, 0.15) is 0 Å². The minimum atomic E-state index is -1.85. The van der Waals surface area contributed by atoms with Gasteiger partial charge in [0.2, 0.25) is 0 Å². The van der Waals surface area contributed by atoms with Crippen LogP contribution in [0, 0.1) is 0 Å². The molecule has 0 aromatic carbocycles. The normalized spacial score (nSPS) is 12.8. The van der Waals surface area contributed by atoms with E-state index in [4.69, 9.17) is 0 Å². The van der Waals surface area contributed by atoms with Gasteiger partial charge in [0.15, 0.2) is 0 Å². The van der Waals surface area contributed by atoms with Gasteiger partial charge in [0, 0.05) is 0 Å². The van der Waals surface area contributed by atoms with E-state index in [0.29, 0.717) is 0 Å². The molecule has 0 aliphatic carbocycles. The van der Waals surface area contributed by atoms with E-state index in [1.807, 2.05) is 59.6 Å². The van der Waals surface area contributed by atoms with Crippen LogP contribution in [0.4, 0.5) is 0 Å². The Balaban J connectivity index is 1.81. The van der Waals surface area contributed by atoms with Crippen LogP contribution in [-0.2, 0) is 19.4 Å². The van der Waals surface area contributed by atoms with Crippen LogP contribution < -0.4 is 0 Å². The third-order valence-corrected chi connectivity index (χ3v) is 11.3. The second kappa shape index (κ2) is 9.57. The van der Waals surface area contributed by atoms with Crippen molar-refractivity contribution in [3.63, 3.8) is 0 Å². The molecule has 142 valence electrons. The van der Waals surface area contributed by atoms with Gasteiger partial charge in [0.25, 0.3) is 0 Å². The predicted molar refractivity (Wildman–Crippen MR) is 111 cm³/mol. The summed E-state index contributed by atoms with van der Waals surface area (Å²) in [7, 11) is 0. The van der Waals surface area contributed by atoms with Gasteiger partial charge in [0.05, 0.1) is 0 Å². The van der Waals surface area contributed by atoms with Crippen LogP contribution >= 0.6 is 5.51 Å². The maximum atomic E-state index is 11.3. The molecule has 0 radical (unpaired) electrons. The fourth-order valence-corrected chi connectivity index (χ4v) is 7.40. The average Bonchev–Trinajstić information content (AvgIpc) is 3.20. The van der Waals surface area contributed by atoms with Crippen molar-refractivity contribution in [3.8, 4) is 0 Å². The van der Waals surface area contributed by atoms with Crippen LogP contribution in [0.15, 0.2) is 61.2 Å². The predicted octanol–water partition coefficient (Wildman–Crippen LogP) is 3.27. The molecule has 0 amide bonds.